The molecule has 0 bridgehead atoms. The number of carbonyl (C=O) groups is 1. The molecule has 8 heteroatoms. The minimum Gasteiger partial charge on any atom is -0.458 e. The first-order chi connectivity index (χ1) is 14.2. The number of aliphatic hydroxyl groups is 1. The topological polar surface area (TPSA) is 93.6 Å². The number of hydrogen-bond acceptors (Lipinski definition) is 6. The van der Waals surface area contributed by atoms with Gasteiger partial charge in [-0.25, -0.2) is 9.67 Å². The summed E-state index contributed by atoms with van der Waals surface area (Å²) in [6, 6.07) is 3.77. The average Bonchev–Trinajstić information content (AvgIpc) is 3.27. The van der Waals surface area contributed by atoms with Crippen molar-refractivity contribution in [2.45, 2.75) is 51.5 Å². The van der Waals surface area contributed by atoms with Gasteiger partial charge >= 0.3 is 0 Å². The van der Waals surface area contributed by atoms with E-state index < -0.39 is 0 Å². The van der Waals surface area contributed by atoms with Crippen LogP contribution in [0.25, 0.3) is 11.6 Å². The fourth-order valence-electron chi connectivity index (χ4n) is 4.35. The van der Waals surface area contributed by atoms with Gasteiger partial charge in [0.25, 0.3) is 0 Å². The first kappa shape index (κ1) is 20.1. The highest BCUT2D eigenvalue weighted by atomic mass is 16.5. The van der Waals surface area contributed by atoms with E-state index in [0.717, 1.165) is 56.8 Å². The zero-order valence-corrected chi connectivity index (χ0v) is 17.0. The molecular formula is C21H30N4O4. The fraction of sp³-hybridized carbons (Fsp3) is 0.667. The lowest BCUT2D eigenvalue weighted by molar-refractivity contribution is -0.138. The molecule has 2 fully saturated rings. The molecule has 2 aliphatic rings. The Bertz CT molecular complexity index is 825. The molecule has 1 N–H and O–H groups in total. The van der Waals surface area contributed by atoms with Crippen molar-refractivity contribution < 1.29 is 19.1 Å². The summed E-state index contributed by atoms with van der Waals surface area (Å²) in [5, 5.41) is 14.0. The van der Waals surface area contributed by atoms with Gasteiger partial charge in [0.05, 0.1) is 13.2 Å². The maximum Gasteiger partial charge on any atom is 0.225 e. The predicted molar refractivity (Wildman–Crippen MR) is 106 cm³/mol. The number of carbonyl (C=O) groups excluding carboxylic acids is 1. The number of aryl methyl sites for hydroxylation is 1. The molecule has 29 heavy (non-hydrogen) atoms. The Morgan fingerprint density at radius 2 is 2.03 bits per heavy atom. The van der Waals surface area contributed by atoms with Crippen molar-refractivity contribution in [2.24, 2.45) is 5.92 Å². The minimum atomic E-state index is 0.00800. The Labute approximate surface area is 170 Å². The van der Waals surface area contributed by atoms with E-state index in [1.807, 2.05) is 24.0 Å². The van der Waals surface area contributed by atoms with Crippen molar-refractivity contribution in [3.63, 3.8) is 0 Å². The van der Waals surface area contributed by atoms with Crippen LogP contribution >= 0.6 is 0 Å². The van der Waals surface area contributed by atoms with Crippen LogP contribution in [0.2, 0.25) is 0 Å². The second-order valence-electron chi connectivity index (χ2n) is 7.99. The molecule has 0 spiro atoms. The molecule has 2 aromatic heterocycles. The monoisotopic (exact) mass is 402 g/mol. The standard InChI is InChI=1S/C21H30N4O4/c1-15-4-5-18(29-15)19-22-20(25(23-19)11-12-26)16-3-2-9-24(10-6-16)21(27)17-7-13-28-14-8-17/h4-5,16-17,26H,2-3,6-14H2,1H3. The van der Waals surface area contributed by atoms with Gasteiger partial charge in [-0.05, 0) is 51.2 Å². The van der Waals surface area contributed by atoms with E-state index in [4.69, 9.17) is 14.1 Å². The zero-order chi connectivity index (χ0) is 20.2. The first-order valence-electron chi connectivity index (χ1n) is 10.6. The summed E-state index contributed by atoms with van der Waals surface area (Å²) < 4.78 is 12.9. The summed E-state index contributed by atoms with van der Waals surface area (Å²) in [7, 11) is 0. The lowest BCUT2D eigenvalue weighted by Gasteiger charge is -2.28. The first-order valence-corrected chi connectivity index (χ1v) is 10.6. The molecule has 158 valence electrons. The molecule has 0 saturated carbocycles. The molecular weight excluding hydrogens is 372 g/mol. The molecule has 1 atom stereocenters. The molecule has 1 amide bonds. The van der Waals surface area contributed by atoms with Crippen molar-refractivity contribution >= 4 is 5.91 Å². The van der Waals surface area contributed by atoms with Gasteiger partial charge in [0.15, 0.2) is 5.76 Å². The molecule has 0 aromatic carbocycles. The molecule has 0 aliphatic carbocycles. The number of rotatable bonds is 5. The maximum absolute atomic E-state index is 12.9. The summed E-state index contributed by atoms with van der Waals surface area (Å²) in [5.41, 5.74) is 0. The van der Waals surface area contributed by atoms with Crippen LogP contribution in [-0.2, 0) is 16.1 Å². The van der Waals surface area contributed by atoms with Gasteiger partial charge in [-0.15, -0.1) is 5.10 Å². The summed E-state index contributed by atoms with van der Waals surface area (Å²) in [4.78, 5) is 19.7. The van der Waals surface area contributed by atoms with Crippen LogP contribution in [0.4, 0.5) is 0 Å². The van der Waals surface area contributed by atoms with Crippen molar-refractivity contribution in [2.75, 3.05) is 32.9 Å². The highest BCUT2D eigenvalue weighted by Crippen LogP contribution is 2.30. The van der Waals surface area contributed by atoms with Gasteiger partial charge < -0.3 is 19.2 Å². The lowest BCUT2D eigenvalue weighted by atomic mass is 9.98. The Morgan fingerprint density at radius 1 is 1.21 bits per heavy atom. The third kappa shape index (κ3) is 4.53. The maximum atomic E-state index is 12.9. The second kappa shape index (κ2) is 9.09. The Balaban J connectivity index is 1.48. The third-order valence-corrected chi connectivity index (χ3v) is 5.95. The average molecular weight is 402 g/mol. The van der Waals surface area contributed by atoms with E-state index in [2.05, 4.69) is 5.10 Å². The van der Waals surface area contributed by atoms with E-state index in [-0.39, 0.29) is 24.3 Å². The van der Waals surface area contributed by atoms with E-state index in [0.29, 0.717) is 31.3 Å². The van der Waals surface area contributed by atoms with Crippen molar-refractivity contribution in [1.82, 2.24) is 19.7 Å². The number of aliphatic hydroxyl groups excluding tert-OH is 1. The molecule has 2 saturated heterocycles. The SMILES string of the molecule is Cc1ccc(-c2nc(C3CCCN(C(=O)C4CCOCC4)CC3)n(CCO)n2)o1. The van der Waals surface area contributed by atoms with Crippen molar-refractivity contribution in [3.05, 3.63) is 23.7 Å². The zero-order valence-electron chi connectivity index (χ0n) is 17.0. The van der Waals surface area contributed by atoms with Crippen LogP contribution in [0.1, 0.15) is 49.6 Å². The lowest BCUT2D eigenvalue weighted by Crippen LogP contribution is -2.39. The summed E-state index contributed by atoms with van der Waals surface area (Å²) in [5.74, 6) is 3.49. The fourth-order valence-corrected chi connectivity index (χ4v) is 4.35. The van der Waals surface area contributed by atoms with Crippen LogP contribution < -0.4 is 0 Å². The van der Waals surface area contributed by atoms with Crippen molar-refractivity contribution in [1.29, 1.82) is 0 Å². The highest BCUT2D eigenvalue weighted by Gasteiger charge is 2.30. The summed E-state index contributed by atoms with van der Waals surface area (Å²) >= 11 is 0. The number of ether oxygens (including phenoxy) is 1. The number of furan rings is 1. The molecule has 8 nitrogen and oxygen atoms in total. The number of likely N-dealkylation sites (tertiary alicyclic amines) is 1. The molecule has 4 rings (SSSR count). The molecule has 2 aromatic rings. The Morgan fingerprint density at radius 3 is 2.76 bits per heavy atom. The normalized spacial score (nSPS) is 21.3. The largest absolute Gasteiger partial charge is 0.458 e. The van der Waals surface area contributed by atoms with Gasteiger partial charge in [-0.2, -0.15) is 0 Å². The van der Waals surface area contributed by atoms with E-state index in [1.54, 1.807) is 4.68 Å². The van der Waals surface area contributed by atoms with Crippen LogP contribution in [0.15, 0.2) is 16.5 Å². The smallest absolute Gasteiger partial charge is 0.225 e. The predicted octanol–water partition coefficient (Wildman–Crippen LogP) is 2.36. The number of hydrogen-bond donors (Lipinski definition) is 1. The van der Waals surface area contributed by atoms with E-state index >= 15 is 0 Å². The van der Waals surface area contributed by atoms with Crippen LogP contribution in [0.3, 0.4) is 0 Å². The quantitative estimate of drug-likeness (QED) is 0.825. The van der Waals surface area contributed by atoms with E-state index in [1.165, 1.54) is 0 Å². The van der Waals surface area contributed by atoms with Gasteiger partial charge in [-0.1, -0.05) is 0 Å². The van der Waals surface area contributed by atoms with E-state index in [9.17, 15) is 9.90 Å². The van der Waals surface area contributed by atoms with Gasteiger partial charge in [0, 0.05) is 38.1 Å². The summed E-state index contributed by atoms with van der Waals surface area (Å²) in [6.07, 6.45) is 4.42. The Hall–Kier alpha value is -2.19. The summed E-state index contributed by atoms with van der Waals surface area (Å²) in [6.45, 7) is 5.22. The third-order valence-electron chi connectivity index (χ3n) is 5.95. The van der Waals surface area contributed by atoms with Gasteiger partial charge in [0.2, 0.25) is 11.7 Å². The van der Waals surface area contributed by atoms with Crippen molar-refractivity contribution in [3.8, 4) is 11.6 Å². The number of nitrogens with zero attached hydrogens (tertiary/aromatic N) is 4. The Kier molecular flexibility index (Phi) is 6.30. The highest BCUT2D eigenvalue weighted by molar-refractivity contribution is 5.79. The number of amides is 1. The van der Waals surface area contributed by atoms with Crippen LogP contribution in [0, 0.1) is 12.8 Å². The van der Waals surface area contributed by atoms with Crippen LogP contribution in [0.5, 0.6) is 0 Å². The molecule has 4 heterocycles. The minimum absolute atomic E-state index is 0.00800. The molecule has 2 aliphatic heterocycles. The number of aromatic nitrogens is 3. The molecule has 1 unspecified atom stereocenters. The second-order valence-corrected chi connectivity index (χ2v) is 7.99. The van der Waals surface area contributed by atoms with Gasteiger partial charge in [-0.3, -0.25) is 4.79 Å². The molecule has 0 radical (unpaired) electrons. The van der Waals surface area contributed by atoms with Crippen LogP contribution in [-0.4, -0.2) is 63.6 Å². The van der Waals surface area contributed by atoms with Gasteiger partial charge in [0.1, 0.15) is 11.6 Å².